The molecule has 0 spiro atoms. The molecule has 2 fully saturated rings. The Hall–Kier alpha value is -1.74. The second-order valence-corrected chi connectivity index (χ2v) is 11.6. The number of benzene rings is 2. The Morgan fingerprint density at radius 2 is 1.30 bits per heavy atom. The third-order valence-electron chi connectivity index (χ3n) is 6.20. The van der Waals surface area contributed by atoms with E-state index in [0.717, 1.165) is 24.0 Å². The Morgan fingerprint density at radius 3 is 1.83 bits per heavy atom. The van der Waals surface area contributed by atoms with Gasteiger partial charge >= 0.3 is 0 Å². The molecule has 2 aromatic rings. The zero-order valence-electron chi connectivity index (χ0n) is 17.0. The lowest BCUT2D eigenvalue weighted by atomic mass is 9.87. The second kappa shape index (κ2) is 8.07. The largest absolute Gasteiger partial charge is 0.297 e. The van der Waals surface area contributed by atoms with Crippen molar-refractivity contribution < 1.29 is 25.2 Å². The Labute approximate surface area is 178 Å². The highest BCUT2D eigenvalue weighted by atomic mass is 32.2. The van der Waals surface area contributed by atoms with Crippen LogP contribution in [0.25, 0.3) is 0 Å². The van der Waals surface area contributed by atoms with E-state index in [1.807, 2.05) is 13.8 Å². The maximum Gasteiger partial charge on any atom is 0.297 e. The van der Waals surface area contributed by atoms with Gasteiger partial charge in [0.15, 0.2) is 0 Å². The molecule has 2 bridgehead atoms. The lowest BCUT2D eigenvalue weighted by Gasteiger charge is -2.28. The molecule has 2 aromatic carbocycles. The molecular weight excluding hydrogens is 424 g/mol. The van der Waals surface area contributed by atoms with Crippen molar-refractivity contribution in [3.05, 3.63) is 59.7 Å². The smallest absolute Gasteiger partial charge is 0.266 e. The molecule has 0 aliphatic heterocycles. The molecule has 2 aliphatic carbocycles. The van der Waals surface area contributed by atoms with E-state index in [4.69, 9.17) is 8.37 Å². The number of aryl methyl sites for hydroxylation is 2. The fraction of sp³-hybridized carbons (Fsp3) is 0.455. The van der Waals surface area contributed by atoms with Crippen molar-refractivity contribution in [2.24, 2.45) is 17.8 Å². The van der Waals surface area contributed by atoms with Gasteiger partial charge in [-0.2, -0.15) is 16.8 Å². The summed E-state index contributed by atoms with van der Waals surface area (Å²) in [6, 6.07) is 13.1. The van der Waals surface area contributed by atoms with Gasteiger partial charge in [-0.25, -0.2) is 0 Å². The van der Waals surface area contributed by atoms with Gasteiger partial charge in [-0.3, -0.25) is 8.37 Å². The first-order valence-electron chi connectivity index (χ1n) is 10.1. The monoisotopic (exact) mass is 450 g/mol. The molecule has 8 heteroatoms. The van der Waals surface area contributed by atoms with Gasteiger partial charge in [0.2, 0.25) is 0 Å². The van der Waals surface area contributed by atoms with E-state index in [9.17, 15) is 16.8 Å². The highest BCUT2D eigenvalue weighted by Gasteiger charge is 2.49. The maximum atomic E-state index is 12.7. The standard InChI is InChI=1S/C22H26O6S2/c1-15-3-7-19(8-4-15)29(23,24)27-14-18-11-17-12-21(18)22(13-17)28-30(25,26)20-9-5-16(2)6-10-20/h3-10,17-18,21-22H,11-14H2,1-2H3/t17-,18+,21+,22-/m1/s1. The number of rotatable bonds is 7. The molecule has 2 saturated carbocycles. The van der Waals surface area contributed by atoms with E-state index in [2.05, 4.69) is 0 Å². The highest BCUT2D eigenvalue weighted by molar-refractivity contribution is 7.87. The molecule has 162 valence electrons. The summed E-state index contributed by atoms with van der Waals surface area (Å²) in [6.07, 6.45) is 1.91. The summed E-state index contributed by atoms with van der Waals surface area (Å²) in [4.78, 5) is 0.275. The third kappa shape index (κ3) is 4.46. The Morgan fingerprint density at radius 1 is 0.767 bits per heavy atom. The molecule has 0 unspecified atom stereocenters. The molecule has 0 radical (unpaired) electrons. The molecule has 0 N–H and O–H groups in total. The third-order valence-corrected chi connectivity index (χ3v) is 8.84. The van der Waals surface area contributed by atoms with Gasteiger partial charge in [-0.05, 0) is 75.1 Å². The van der Waals surface area contributed by atoms with E-state index < -0.39 is 26.3 Å². The first-order valence-corrected chi connectivity index (χ1v) is 12.9. The van der Waals surface area contributed by atoms with Crippen LogP contribution in [0, 0.1) is 31.6 Å². The predicted octanol–water partition coefficient (Wildman–Crippen LogP) is 3.83. The summed E-state index contributed by atoms with van der Waals surface area (Å²) >= 11 is 0. The summed E-state index contributed by atoms with van der Waals surface area (Å²) < 4.78 is 61.2. The van der Waals surface area contributed by atoms with Gasteiger partial charge in [0.25, 0.3) is 20.2 Å². The van der Waals surface area contributed by atoms with Crippen LogP contribution in [0.1, 0.15) is 30.4 Å². The number of hydrogen-bond donors (Lipinski definition) is 0. The van der Waals surface area contributed by atoms with Crippen LogP contribution in [0.3, 0.4) is 0 Å². The van der Waals surface area contributed by atoms with E-state index >= 15 is 0 Å². The average Bonchev–Trinajstić information content (AvgIpc) is 3.27. The van der Waals surface area contributed by atoms with Gasteiger partial charge in [-0.1, -0.05) is 35.4 Å². The second-order valence-electron chi connectivity index (χ2n) is 8.45. The van der Waals surface area contributed by atoms with Gasteiger partial charge < -0.3 is 0 Å². The number of fused-ring (bicyclic) bond motifs is 2. The Balaban J connectivity index is 1.41. The van der Waals surface area contributed by atoms with Crippen LogP contribution in [0.5, 0.6) is 0 Å². The Bertz CT molecular complexity index is 1100. The van der Waals surface area contributed by atoms with Crippen LogP contribution in [0.4, 0.5) is 0 Å². The molecular formula is C22H26O6S2. The van der Waals surface area contributed by atoms with Crippen molar-refractivity contribution in [1.29, 1.82) is 0 Å². The molecule has 30 heavy (non-hydrogen) atoms. The quantitative estimate of drug-likeness (QED) is 0.596. The molecule has 0 amide bonds. The molecule has 2 aliphatic rings. The van der Waals surface area contributed by atoms with E-state index in [1.165, 1.54) is 12.1 Å². The van der Waals surface area contributed by atoms with Crippen LogP contribution < -0.4 is 0 Å². The lowest BCUT2D eigenvalue weighted by molar-refractivity contribution is 0.0852. The van der Waals surface area contributed by atoms with Crippen molar-refractivity contribution in [1.82, 2.24) is 0 Å². The topological polar surface area (TPSA) is 86.7 Å². The molecule has 0 heterocycles. The minimum atomic E-state index is -3.86. The predicted molar refractivity (Wildman–Crippen MR) is 112 cm³/mol. The van der Waals surface area contributed by atoms with Crippen LogP contribution in [0.2, 0.25) is 0 Å². The Kier molecular flexibility index (Phi) is 5.78. The van der Waals surface area contributed by atoms with Crippen molar-refractivity contribution in [3.63, 3.8) is 0 Å². The van der Waals surface area contributed by atoms with Gasteiger partial charge in [0.05, 0.1) is 22.5 Å². The fourth-order valence-electron chi connectivity index (χ4n) is 4.60. The lowest BCUT2D eigenvalue weighted by Crippen LogP contribution is -2.32. The van der Waals surface area contributed by atoms with E-state index in [-0.39, 0.29) is 28.2 Å². The summed E-state index contributed by atoms with van der Waals surface area (Å²) in [5.74, 6) is 0.273. The normalized spacial score (nSPS) is 26.2. The summed E-state index contributed by atoms with van der Waals surface area (Å²) in [6.45, 7) is 3.82. The minimum Gasteiger partial charge on any atom is -0.266 e. The van der Waals surface area contributed by atoms with E-state index in [0.29, 0.717) is 12.3 Å². The average molecular weight is 451 g/mol. The zero-order valence-corrected chi connectivity index (χ0v) is 18.7. The van der Waals surface area contributed by atoms with Crippen molar-refractivity contribution in [2.75, 3.05) is 6.61 Å². The highest BCUT2D eigenvalue weighted by Crippen LogP contribution is 2.50. The molecule has 0 saturated heterocycles. The first kappa shape index (κ1) is 21.5. The van der Waals surface area contributed by atoms with Crippen LogP contribution >= 0.6 is 0 Å². The fourth-order valence-corrected chi connectivity index (χ4v) is 6.69. The van der Waals surface area contributed by atoms with Crippen LogP contribution in [-0.4, -0.2) is 29.5 Å². The van der Waals surface area contributed by atoms with Crippen molar-refractivity contribution >= 4 is 20.2 Å². The van der Waals surface area contributed by atoms with E-state index in [1.54, 1.807) is 36.4 Å². The molecule has 4 rings (SSSR count). The molecule has 4 atom stereocenters. The summed E-state index contributed by atoms with van der Waals surface area (Å²) in [5, 5.41) is 0. The van der Waals surface area contributed by atoms with Crippen LogP contribution in [0.15, 0.2) is 58.3 Å². The van der Waals surface area contributed by atoms with Crippen molar-refractivity contribution in [3.8, 4) is 0 Å². The van der Waals surface area contributed by atoms with Gasteiger partial charge in [-0.15, -0.1) is 0 Å². The molecule has 6 nitrogen and oxygen atoms in total. The minimum absolute atomic E-state index is 0.0246. The van der Waals surface area contributed by atoms with Gasteiger partial charge in [0, 0.05) is 0 Å². The van der Waals surface area contributed by atoms with Crippen molar-refractivity contribution in [2.45, 2.75) is 49.0 Å². The van der Waals surface area contributed by atoms with Gasteiger partial charge in [0.1, 0.15) is 0 Å². The zero-order chi connectivity index (χ0) is 21.5. The van der Waals surface area contributed by atoms with Crippen LogP contribution in [-0.2, 0) is 28.6 Å². The first-order chi connectivity index (χ1) is 14.1. The SMILES string of the molecule is Cc1ccc(S(=O)(=O)OC[C@@H]2C[C@@H]3C[C@@H]2[C@H](OS(=O)(=O)c2ccc(C)cc2)C3)cc1. The summed E-state index contributed by atoms with van der Waals surface area (Å²) in [7, 11) is -7.70. The number of hydrogen-bond acceptors (Lipinski definition) is 6. The molecule has 0 aromatic heterocycles. The summed E-state index contributed by atoms with van der Waals surface area (Å²) in [5.41, 5.74) is 1.94. The maximum absolute atomic E-state index is 12.7.